The van der Waals surface area contributed by atoms with Crippen molar-refractivity contribution >= 4 is 55.6 Å². The first kappa shape index (κ1) is 42.2. The van der Waals surface area contributed by atoms with E-state index < -0.39 is 23.4 Å². The van der Waals surface area contributed by atoms with Gasteiger partial charge in [0, 0.05) is 58.0 Å². The second kappa shape index (κ2) is 19.5. The van der Waals surface area contributed by atoms with E-state index in [4.69, 9.17) is 20.4 Å². The van der Waals surface area contributed by atoms with Crippen molar-refractivity contribution in [3.63, 3.8) is 0 Å². The van der Waals surface area contributed by atoms with Crippen LogP contribution in [0.1, 0.15) is 20.7 Å². The number of aromatic carboxylic acids is 2. The summed E-state index contributed by atoms with van der Waals surface area (Å²) in [5, 5.41) is 60.2. The maximum absolute atomic E-state index is 10.7. The molecule has 0 aliphatic heterocycles. The minimum atomic E-state index is -1.47. The van der Waals surface area contributed by atoms with Crippen molar-refractivity contribution in [1.29, 1.82) is 0 Å². The van der Waals surface area contributed by atoms with E-state index in [1.54, 1.807) is 24.8 Å². The Kier molecular flexibility index (Phi) is 15.5. The van der Waals surface area contributed by atoms with Crippen LogP contribution in [-0.2, 0) is 22.0 Å². The summed E-state index contributed by atoms with van der Waals surface area (Å²) in [5.41, 5.74) is 3.25. The Morgan fingerprint density at radius 3 is 1.17 bits per heavy atom. The number of hydrogen-bond acceptors (Lipinski definition) is 11. The van der Waals surface area contributed by atoms with Crippen molar-refractivity contribution in [3.8, 4) is 23.0 Å². The third-order valence-corrected chi connectivity index (χ3v) is 7.09. The van der Waals surface area contributed by atoms with E-state index in [0.29, 0.717) is 0 Å². The van der Waals surface area contributed by atoms with Gasteiger partial charge in [-0.05, 0) is 54.6 Å². The molecule has 4 aromatic carbocycles. The average molecular weight is 762 g/mol. The van der Waals surface area contributed by atoms with Gasteiger partial charge >= 0.3 is 22.5 Å². The molecule has 0 aliphatic rings. The third-order valence-electron chi connectivity index (χ3n) is 7.09. The SMILES string of the molecule is O.O=C(O)c1ccc(O)cc1[O-].O=C([O-])c1ccc(O)cc1O.[Ni+2].[OH3+].c1cnc2c(c1)ccc1cccnc12.c1cnc2c(c1)ccc1cccnc12. The summed E-state index contributed by atoms with van der Waals surface area (Å²) in [6, 6.07) is 30.5. The summed E-state index contributed by atoms with van der Waals surface area (Å²) in [6.07, 6.45) is 7.21. The number of phenolic OH excluding ortho intramolecular Hbond substituents is 2. The number of nitrogens with zero attached hydrogens (tertiary/aromatic N) is 4. The topological polar surface area (TPSA) is 277 Å². The normalized spacial score (nSPS) is 9.66. The quantitative estimate of drug-likeness (QED) is 0.112. The second-order valence-electron chi connectivity index (χ2n) is 10.4. The summed E-state index contributed by atoms with van der Waals surface area (Å²) in [7, 11) is 0. The van der Waals surface area contributed by atoms with Gasteiger partial charge in [0.2, 0.25) is 0 Å². The standard InChI is InChI=1S/2C12H8N2.2C7H6O4.Ni.2H2O/c2*1-3-9-5-6-10-4-2-8-14-12(10)11(9)13-7-1;2*8-4-1-2-5(7(10)11)6(9)3-4;;;/h2*1-8H;2*1-3,8-9H,(H,10,11);;2*1H2/q;;;;+2;;/p-1. The number of rotatable bonds is 2. The van der Waals surface area contributed by atoms with Gasteiger partial charge in [-0.2, -0.15) is 0 Å². The molecule has 9 N–H and O–H groups in total. The Morgan fingerprint density at radius 2 is 0.868 bits per heavy atom. The van der Waals surface area contributed by atoms with E-state index in [1.165, 1.54) is 0 Å². The maximum atomic E-state index is 10.7. The van der Waals surface area contributed by atoms with Crippen molar-refractivity contribution in [3.05, 3.63) is 145 Å². The van der Waals surface area contributed by atoms with Gasteiger partial charge in [0.25, 0.3) is 0 Å². The van der Waals surface area contributed by atoms with Crippen molar-refractivity contribution in [2.45, 2.75) is 0 Å². The molecule has 0 unspecified atom stereocenters. The van der Waals surface area contributed by atoms with Gasteiger partial charge in [-0.15, -0.1) is 0 Å². The number of hydrogen-bond donors (Lipinski definition) is 4. The minimum Gasteiger partial charge on any atom is -0.872 e. The van der Waals surface area contributed by atoms with Crippen molar-refractivity contribution < 1.29 is 67.7 Å². The van der Waals surface area contributed by atoms with Gasteiger partial charge in [-0.25, -0.2) is 4.79 Å². The summed E-state index contributed by atoms with van der Waals surface area (Å²) < 4.78 is 0. The average Bonchev–Trinajstić information content (AvgIpc) is 3.12. The predicted molar refractivity (Wildman–Crippen MR) is 191 cm³/mol. The van der Waals surface area contributed by atoms with Crippen LogP contribution in [0.25, 0.3) is 43.6 Å². The molecule has 14 nitrogen and oxygen atoms in total. The molecule has 0 amide bonds. The van der Waals surface area contributed by atoms with Gasteiger partial charge in [0.15, 0.2) is 0 Å². The van der Waals surface area contributed by atoms with Crippen LogP contribution >= 0.6 is 0 Å². The van der Waals surface area contributed by atoms with Gasteiger partial charge in [-0.3, -0.25) is 19.9 Å². The zero-order valence-electron chi connectivity index (χ0n) is 27.3. The van der Waals surface area contributed by atoms with E-state index in [0.717, 1.165) is 80.0 Å². The number of carboxylic acids is 2. The van der Waals surface area contributed by atoms with Crippen LogP contribution in [0.4, 0.5) is 0 Å². The molecule has 4 heterocycles. The first-order valence-corrected chi connectivity index (χ1v) is 14.8. The molecule has 272 valence electrons. The van der Waals surface area contributed by atoms with Crippen LogP contribution in [0.15, 0.2) is 134 Å². The van der Waals surface area contributed by atoms with Gasteiger partial charge in [-0.1, -0.05) is 54.3 Å². The molecular formula is C38H31N4NiO10+. The predicted octanol–water partition coefficient (Wildman–Crippen LogP) is 3.44. The molecule has 53 heavy (non-hydrogen) atoms. The van der Waals surface area contributed by atoms with Gasteiger partial charge in [0.05, 0.1) is 33.6 Å². The third kappa shape index (κ3) is 10.5. The number of aromatic hydroxyl groups is 3. The molecule has 4 aromatic heterocycles. The van der Waals surface area contributed by atoms with Crippen LogP contribution in [0, 0.1) is 0 Å². The first-order chi connectivity index (χ1) is 24.1. The minimum absolute atomic E-state index is 0. The Balaban J connectivity index is 0.000000242. The van der Waals surface area contributed by atoms with E-state index in [1.807, 2.05) is 24.3 Å². The smallest absolute Gasteiger partial charge is 0.872 e. The molecule has 0 saturated heterocycles. The largest absolute Gasteiger partial charge is 2.00 e. The maximum Gasteiger partial charge on any atom is 2.00 e. The zero-order valence-corrected chi connectivity index (χ0v) is 28.3. The number of aromatic nitrogens is 4. The van der Waals surface area contributed by atoms with Crippen LogP contribution in [0.2, 0.25) is 0 Å². The summed E-state index contributed by atoms with van der Waals surface area (Å²) in [6.45, 7) is 0. The summed E-state index contributed by atoms with van der Waals surface area (Å²) in [5.74, 6) is -4.34. The Bertz CT molecular complexity index is 2200. The molecule has 15 heteroatoms. The molecular weight excluding hydrogens is 731 g/mol. The van der Waals surface area contributed by atoms with Crippen LogP contribution in [0.5, 0.6) is 23.0 Å². The molecule has 0 aliphatic carbocycles. The molecule has 0 fully saturated rings. The molecule has 0 spiro atoms. The van der Waals surface area contributed by atoms with Crippen molar-refractivity contribution in [2.75, 3.05) is 0 Å². The van der Waals surface area contributed by atoms with Crippen LogP contribution in [0.3, 0.4) is 0 Å². The fraction of sp³-hybridized carbons (Fsp3) is 0. The number of fused-ring (bicyclic) bond motifs is 6. The number of pyridine rings is 4. The summed E-state index contributed by atoms with van der Waals surface area (Å²) >= 11 is 0. The Hall–Kier alpha value is -6.93. The fourth-order valence-electron chi connectivity index (χ4n) is 4.74. The van der Waals surface area contributed by atoms with E-state index in [9.17, 15) is 19.8 Å². The van der Waals surface area contributed by atoms with Gasteiger partial charge in [0.1, 0.15) is 17.2 Å². The molecule has 0 radical (unpaired) electrons. The number of phenols is 3. The molecule has 0 bridgehead atoms. The monoisotopic (exact) mass is 761 g/mol. The molecule has 8 aromatic rings. The van der Waals surface area contributed by atoms with Gasteiger partial charge < -0.3 is 46.4 Å². The Morgan fingerprint density at radius 1 is 0.528 bits per heavy atom. The second-order valence-corrected chi connectivity index (χ2v) is 10.4. The zero-order chi connectivity index (χ0) is 35.6. The molecule has 0 saturated carbocycles. The van der Waals surface area contributed by atoms with E-state index >= 15 is 0 Å². The van der Waals surface area contributed by atoms with E-state index in [2.05, 4.69) is 68.5 Å². The fourth-order valence-corrected chi connectivity index (χ4v) is 4.74. The Labute approximate surface area is 310 Å². The summed E-state index contributed by atoms with van der Waals surface area (Å²) in [4.78, 5) is 37.8. The molecule has 0 atom stereocenters. The number of benzene rings is 4. The number of carbonyl (C=O) groups is 2. The van der Waals surface area contributed by atoms with Crippen molar-refractivity contribution in [1.82, 2.24) is 19.9 Å². The van der Waals surface area contributed by atoms with E-state index in [-0.39, 0.29) is 50.1 Å². The van der Waals surface area contributed by atoms with Crippen LogP contribution < -0.4 is 10.2 Å². The first-order valence-electron chi connectivity index (χ1n) is 14.8. The number of carboxylic acid groups (broad SMARTS) is 2. The number of carbonyl (C=O) groups excluding carboxylic acids is 1. The molecule has 8 rings (SSSR count). The van der Waals surface area contributed by atoms with Crippen molar-refractivity contribution in [2.24, 2.45) is 0 Å². The van der Waals surface area contributed by atoms with Crippen LogP contribution in [-0.4, -0.2) is 57.8 Å².